The summed E-state index contributed by atoms with van der Waals surface area (Å²) in [4.78, 5) is 0. The third-order valence-electron chi connectivity index (χ3n) is 4.86. The highest BCUT2D eigenvalue weighted by Crippen LogP contribution is 2.41. The highest BCUT2D eigenvalue weighted by Gasteiger charge is 2.35. The van der Waals surface area contributed by atoms with Crippen LogP contribution in [-0.4, -0.2) is 31.0 Å². The number of rotatable bonds is 5. The van der Waals surface area contributed by atoms with Gasteiger partial charge in [-0.05, 0) is 30.9 Å². The average molecular weight is 482 g/mol. The average Bonchev–Trinajstić information content (AvgIpc) is 2.88. The van der Waals surface area contributed by atoms with Crippen LogP contribution >= 0.6 is 23.2 Å². The first-order valence-electron chi connectivity index (χ1n) is 8.67. The number of nitriles is 1. The lowest BCUT2D eigenvalue weighted by Gasteiger charge is -2.31. The van der Waals surface area contributed by atoms with Crippen molar-refractivity contribution >= 4 is 44.7 Å². The lowest BCUT2D eigenvalue weighted by atomic mass is 9.85. The minimum absolute atomic E-state index is 0.104. The zero-order valence-electron chi connectivity index (χ0n) is 15.5. The van der Waals surface area contributed by atoms with Crippen molar-refractivity contribution in [2.24, 2.45) is 5.92 Å². The third-order valence-corrected chi connectivity index (χ3v) is 6.56. The molecule has 3 rings (SSSR count). The van der Waals surface area contributed by atoms with Crippen molar-refractivity contribution in [1.29, 1.82) is 5.26 Å². The monoisotopic (exact) mass is 481 g/mol. The standard InChI is InChI=1S/C17H16Cl2F3N5O2S/c1-30(28,29)26(8-9-3-2-4-9)15-13(7-23)25-27(16(15)24)14-11(18)5-10(6-12(14)19)17(20,21)22/h5-6,9H,2-4,8,24H2,1H3. The second-order valence-electron chi connectivity index (χ2n) is 6.98. The Morgan fingerprint density at radius 1 is 1.33 bits per heavy atom. The van der Waals surface area contributed by atoms with E-state index in [9.17, 15) is 26.9 Å². The van der Waals surface area contributed by atoms with Crippen LogP contribution in [0, 0.1) is 17.2 Å². The SMILES string of the molecule is CS(=O)(=O)N(CC1CCC1)c1c(C#N)nn(-c2c(Cl)cc(C(F)(F)F)cc2Cl)c1N. The Kier molecular flexibility index (Phi) is 5.88. The minimum Gasteiger partial charge on any atom is -0.382 e. The van der Waals surface area contributed by atoms with Gasteiger partial charge in [-0.25, -0.2) is 13.1 Å². The van der Waals surface area contributed by atoms with Crippen LogP contribution in [0.25, 0.3) is 5.69 Å². The lowest BCUT2D eigenvalue weighted by Crippen LogP contribution is -2.37. The summed E-state index contributed by atoms with van der Waals surface area (Å²) in [6, 6.07) is 3.08. The zero-order chi connectivity index (χ0) is 22.4. The van der Waals surface area contributed by atoms with Crippen molar-refractivity contribution in [3.05, 3.63) is 33.4 Å². The van der Waals surface area contributed by atoms with Crippen molar-refractivity contribution in [3.63, 3.8) is 0 Å². The van der Waals surface area contributed by atoms with Crippen LogP contribution in [-0.2, 0) is 16.2 Å². The van der Waals surface area contributed by atoms with E-state index in [1.54, 1.807) is 6.07 Å². The molecule has 1 fully saturated rings. The van der Waals surface area contributed by atoms with Gasteiger partial charge in [0.15, 0.2) is 11.5 Å². The number of aromatic nitrogens is 2. The maximum Gasteiger partial charge on any atom is 0.416 e. The second-order valence-corrected chi connectivity index (χ2v) is 9.70. The van der Waals surface area contributed by atoms with Gasteiger partial charge in [0, 0.05) is 6.54 Å². The Balaban J connectivity index is 2.18. The molecule has 162 valence electrons. The van der Waals surface area contributed by atoms with Crippen LogP contribution in [0.3, 0.4) is 0 Å². The Hall–Kier alpha value is -2.16. The summed E-state index contributed by atoms with van der Waals surface area (Å²) in [7, 11) is -3.83. The molecule has 0 radical (unpaired) electrons. The molecule has 1 aliphatic rings. The zero-order valence-corrected chi connectivity index (χ0v) is 17.9. The Morgan fingerprint density at radius 3 is 2.30 bits per heavy atom. The number of benzene rings is 1. The van der Waals surface area contributed by atoms with E-state index >= 15 is 0 Å². The molecular weight excluding hydrogens is 466 g/mol. The molecule has 0 aliphatic heterocycles. The molecule has 2 N–H and O–H groups in total. The van der Waals surface area contributed by atoms with Crippen LogP contribution in [0.2, 0.25) is 10.0 Å². The molecule has 2 aromatic rings. The minimum atomic E-state index is -4.68. The molecule has 7 nitrogen and oxygen atoms in total. The third kappa shape index (κ3) is 4.17. The largest absolute Gasteiger partial charge is 0.416 e. The molecular formula is C17H16Cl2F3N5O2S. The van der Waals surface area contributed by atoms with Crippen LogP contribution in [0.4, 0.5) is 24.7 Å². The first-order chi connectivity index (χ1) is 13.8. The van der Waals surface area contributed by atoms with Gasteiger partial charge in [0.05, 0.1) is 21.9 Å². The maximum absolute atomic E-state index is 13.0. The summed E-state index contributed by atoms with van der Waals surface area (Å²) in [6.45, 7) is 0.109. The van der Waals surface area contributed by atoms with Gasteiger partial charge < -0.3 is 5.73 Å². The number of hydrogen-bond donors (Lipinski definition) is 1. The molecule has 0 atom stereocenters. The summed E-state index contributed by atoms with van der Waals surface area (Å²) in [5, 5.41) is 12.6. The smallest absolute Gasteiger partial charge is 0.382 e. The van der Waals surface area contributed by atoms with Gasteiger partial charge in [-0.2, -0.15) is 23.5 Å². The van der Waals surface area contributed by atoms with Crippen molar-refractivity contribution in [3.8, 4) is 11.8 Å². The van der Waals surface area contributed by atoms with Crippen molar-refractivity contribution in [2.45, 2.75) is 25.4 Å². The lowest BCUT2D eigenvalue weighted by molar-refractivity contribution is -0.137. The summed E-state index contributed by atoms with van der Waals surface area (Å²) in [5.74, 6) is -0.174. The van der Waals surface area contributed by atoms with Gasteiger partial charge in [-0.1, -0.05) is 29.6 Å². The van der Waals surface area contributed by atoms with E-state index in [-0.39, 0.29) is 35.3 Å². The van der Waals surface area contributed by atoms with E-state index in [0.29, 0.717) is 12.1 Å². The predicted molar refractivity (Wildman–Crippen MR) is 107 cm³/mol. The molecule has 0 unspecified atom stereocenters. The van der Waals surface area contributed by atoms with Gasteiger partial charge in [0.2, 0.25) is 10.0 Å². The number of nitrogens with two attached hydrogens (primary N) is 1. The number of halogens is 5. The Morgan fingerprint density at radius 2 is 1.90 bits per heavy atom. The van der Waals surface area contributed by atoms with E-state index in [4.69, 9.17) is 28.9 Å². The van der Waals surface area contributed by atoms with Gasteiger partial charge in [-0.15, -0.1) is 0 Å². The molecule has 0 bridgehead atoms. The highest BCUT2D eigenvalue weighted by molar-refractivity contribution is 7.92. The maximum atomic E-state index is 13.0. The normalized spacial score (nSPS) is 15.0. The highest BCUT2D eigenvalue weighted by atomic mass is 35.5. The van der Waals surface area contributed by atoms with Crippen molar-refractivity contribution in [2.75, 3.05) is 22.8 Å². The van der Waals surface area contributed by atoms with Gasteiger partial charge in [-0.3, -0.25) is 4.31 Å². The number of alkyl halides is 3. The number of anilines is 2. The van der Waals surface area contributed by atoms with E-state index < -0.39 is 31.8 Å². The molecule has 30 heavy (non-hydrogen) atoms. The van der Waals surface area contributed by atoms with Crippen LogP contribution in [0.1, 0.15) is 30.5 Å². The summed E-state index contributed by atoms with van der Waals surface area (Å²) < 4.78 is 65.7. The van der Waals surface area contributed by atoms with Crippen LogP contribution in [0.5, 0.6) is 0 Å². The van der Waals surface area contributed by atoms with Crippen molar-refractivity contribution in [1.82, 2.24) is 9.78 Å². The molecule has 1 aromatic carbocycles. The predicted octanol–water partition coefficient (Wildman–Crippen LogP) is 4.22. The number of nitrogen functional groups attached to an aromatic ring is 1. The molecule has 13 heteroatoms. The summed E-state index contributed by atoms with van der Waals surface area (Å²) in [6.07, 6.45) is -1.07. The summed E-state index contributed by atoms with van der Waals surface area (Å²) in [5.41, 5.74) is 4.38. The van der Waals surface area contributed by atoms with Crippen LogP contribution in [0.15, 0.2) is 12.1 Å². The van der Waals surface area contributed by atoms with E-state index in [2.05, 4.69) is 5.10 Å². The first-order valence-corrected chi connectivity index (χ1v) is 11.3. The van der Waals surface area contributed by atoms with Crippen molar-refractivity contribution < 1.29 is 21.6 Å². The quantitative estimate of drug-likeness (QED) is 0.687. The van der Waals surface area contributed by atoms with Gasteiger partial charge >= 0.3 is 6.18 Å². The summed E-state index contributed by atoms with van der Waals surface area (Å²) >= 11 is 12.0. The van der Waals surface area contributed by atoms with Gasteiger partial charge in [0.1, 0.15) is 17.4 Å². The molecule has 1 heterocycles. The molecule has 1 aromatic heterocycles. The van der Waals surface area contributed by atoms with Gasteiger partial charge in [0.25, 0.3) is 0 Å². The first kappa shape index (κ1) is 22.5. The fourth-order valence-electron chi connectivity index (χ4n) is 3.15. The van der Waals surface area contributed by atoms with E-state index in [0.717, 1.165) is 34.5 Å². The molecule has 1 saturated carbocycles. The molecule has 0 saturated heterocycles. The van der Waals surface area contributed by atoms with E-state index in [1.165, 1.54) is 0 Å². The number of nitrogens with zero attached hydrogens (tertiary/aromatic N) is 4. The molecule has 0 spiro atoms. The fourth-order valence-corrected chi connectivity index (χ4v) is 4.79. The topological polar surface area (TPSA) is 105 Å². The number of hydrogen-bond acceptors (Lipinski definition) is 5. The van der Waals surface area contributed by atoms with Crippen LogP contribution < -0.4 is 10.0 Å². The fraction of sp³-hybridized carbons (Fsp3) is 0.412. The second kappa shape index (κ2) is 7.83. The molecule has 1 aliphatic carbocycles. The Bertz CT molecular complexity index is 1110. The Labute approximate surface area is 180 Å². The number of sulfonamides is 1. The van der Waals surface area contributed by atoms with E-state index in [1.807, 2.05) is 0 Å². The molecule has 0 amide bonds.